The van der Waals surface area contributed by atoms with Crippen molar-refractivity contribution < 1.29 is 23.0 Å². The van der Waals surface area contributed by atoms with Gasteiger partial charge in [-0.05, 0) is 25.5 Å². The van der Waals surface area contributed by atoms with E-state index in [1.807, 2.05) is 31.2 Å². The van der Waals surface area contributed by atoms with Crippen molar-refractivity contribution in [3.05, 3.63) is 47.7 Å². The normalized spacial score (nSPS) is 15.1. The first-order chi connectivity index (χ1) is 9.78. The minimum Gasteiger partial charge on any atom is -0.502 e. The molecule has 118 valence electrons. The minimum atomic E-state index is -4.78. The van der Waals surface area contributed by atoms with Gasteiger partial charge in [0.2, 0.25) is 0 Å². The van der Waals surface area contributed by atoms with Gasteiger partial charge in [-0.2, -0.15) is 13.2 Å². The van der Waals surface area contributed by atoms with Gasteiger partial charge in [-0.3, -0.25) is 0 Å². The fourth-order valence-corrected chi connectivity index (χ4v) is 1.73. The molecule has 3 nitrogen and oxygen atoms in total. The van der Waals surface area contributed by atoms with Gasteiger partial charge in [0.1, 0.15) is 0 Å². The third-order valence-electron chi connectivity index (χ3n) is 2.90. The highest BCUT2D eigenvalue weighted by Gasteiger charge is 2.51. The Hall–Kier alpha value is -1.53. The molecule has 0 radical (unpaired) electrons. The number of benzene rings is 1. The molecule has 2 N–H and O–H groups in total. The van der Waals surface area contributed by atoms with E-state index in [0.717, 1.165) is 17.4 Å². The summed E-state index contributed by atoms with van der Waals surface area (Å²) < 4.78 is 43.5. The van der Waals surface area contributed by atoms with Crippen molar-refractivity contribution in [1.82, 2.24) is 5.32 Å². The minimum absolute atomic E-state index is 0.237. The number of aliphatic hydroxyl groups is 1. The van der Waals surface area contributed by atoms with Gasteiger partial charge in [-0.25, -0.2) is 0 Å². The van der Waals surface area contributed by atoms with Crippen LogP contribution < -0.4 is 5.32 Å². The maximum absolute atomic E-state index is 12.9. The van der Waals surface area contributed by atoms with Crippen LogP contribution in [0.25, 0.3) is 0 Å². The summed E-state index contributed by atoms with van der Waals surface area (Å²) in [7, 11) is 0. The van der Waals surface area contributed by atoms with Crippen LogP contribution in [-0.4, -0.2) is 30.0 Å². The first-order valence-corrected chi connectivity index (χ1v) is 6.63. The highest BCUT2D eigenvalue weighted by Crippen LogP contribution is 2.31. The zero-order valence-corrected chi connectivity index (χ0v) is 12.1. The standard InChI is InChI=1S/C15H20F3NO2/c1-3-21-8-7-14(20,15(16,17)18)11-19-10-13-6-4-5-12(2)9-13/h4-9,19-20H,3,10-11H2,1-2H3/b8-7+. The fourth-order valence-electron chi connectivity index (χ4n) is 1.73. The number of rotatable bonds is 7. The molecule has 0 saturated carbocycles. The summed E-state index contributed by atoms with van der Waals surface area (Å²) in [5.74, 6) is 0. The van der Waals surface area contributed by atoms with Crippen LogP contribution in [0.3, 0.4) is 0 Å². The monoisotopic (exact) mass is 303 g/mol. The van der Waals surface area contributed by atoms with Crippen LogP contribution >= 0.6 is 0 Å². The molecule has 6 heteroatoms. The fraction of sp³-hybridized carbons (Fsp3) is 0.467. The Labute approximate surface area is 122 Å². The van der Waals surface area contributed by atoms with Crippen molar-refractivity contribution in [1.29, 1.82) is 0 Å². The number of alkyl halides is 3. The van der Waals surface area contributed by atoms with E-state index >= 15 is 0 Å². The van der Waals surface area contributed by atoms with Gasteiger partial charge in [0.25, 0.3) is 0 Å². The number of halogens is 3. The van der Waals surface area contributed by atoms with Crippen LogP contribution in [0.2, 0.25) is 0 Å². The molecule has 0 amide bonds. The molecule has 21 heavy (non-hydrogen) atoms. The van der Waals surface area contributed by atoms with Crippen molar-refractivity contribution in [3.63, 3.8) is 0 Å². The van der Waals surface area contributed by atoms with Gasteiger partial charge in [0.05, 0.1) is 12.9 Å². The molecule has 0 aliphatic rings. The molecule has 0 heterocycles. The quantitative estimate of drug-likeness (QED) is 0.761. The lowest BCUT2D eigenvalue weighted by Gasteiger charge is -2.27. The second-order valence-electron chi connectivity index (χ2n) is 4.77. The Kier molecular flexibility index (Phi) is 6.23. The zero-order chi connectivity index (χ0) is 15.9. The van der Waals surface area contributed by atoms with Crippen LogP contribution in [0.4, 0.5) is 13.2 Å². The lowest BCUT2D eigenvalue weighted by molar-refractivity contribution is -0.238. The summed E-state index contributed by atoms with van der Waals surface area (Å²) in [5.41, 5.74) is -1.07. The van der Waals surface area contributed by atoms with E-state index in [2.05, 4.69) is 5.32 Å². The SMILES string of the molecule is CCO/C=C/C(O)(CNCc1cccc(C)c1)C(F)(F)F. The lowest BCUT2D eigenvalue weighted by Crippen LogP contribution is -2.51. The van der Waals surface area contributed by atoms with Crippen molar-refractivity contribution in [3.8, 4) is 0 Å². The molecule has 1 aromatic rings. The summed E-state index contributed by atoms with van der Waals surface area (Å²) in [6.45, 7) is 3.38. The van der Waals surface area contributed by atoms with E-state index in [1.54, 1.807) is 6.92 Å². The predicted octanol–water partition coefficient (Wildman–Crippen LogP) is 2.93. The molecule has 1 unspecified atom stereocenters. The zero-order valence-electron chi connectivity index (χ0n) is 12.1. The molecule has 1 atom stereocenters. The van der Waals surface area contributed by atoms with Gasteiger partial charge in [-0.1, -0.05) is 29.8 Å². The molecule has 1 rings (SSSR count). The molecule has 0 bridgehead atoms. The third kappa shape index (κ3) is 5.40. The molecule has 0 aliphatic heterocycles. The van der Waals surface area contributed by atoms with Crippen molar-refractivity contribution in [2.24, 2.45) is 0 Å². The average molecular weight is 303 g/mol. The first-order valence-electron chi connectivity index (χ1n) is 6.63. The van der Waals surface area contributed by atoms with E-state index in [-0.39, 0.29) is 13.2 Å². The van der Waals surface area contributed by atoms with Crippen molar-refractivity contribution in [2.75, 3.05) is 13.2 Å². The molecule has 1 aromatic carbocycles. The van der Waals surface area contributed by atoms with Gasteiger partial charge < -0.3 is 15.2 Å². The van der Waals surface area contributed by atoms with Crippen LogP contribution in [0, 0.1) is 6.92 Å². The van der Waals surface area contributed by atoms with E-state index in [0.29, 0.717) is 6.08 Å². The molecule has 0 spiro atoms. The second kappa shape index (κ2) is 7.47. The summed E-state index contributed by atoms with van der Waals surface area (Å²) in [5, 5.41) is 12.4. The molecule has 0 saturated heterocycles. The Morgan fingerprint density at radius 2 is 2.05 bits per heavy atom. The van der Waals surface area contributed by atoms with Gasteiger partial charge >= 0.3 is 6.18 Å². The van der Waals surface area contributed by atoms with Gasteiger partial charge in [0, 0.05) is 13.1 Å². The number of hydrogen-bond acceptors (Lipinski definition) is 3. The number of hydrogen-bond donors (Lipinski definition) is 2. The molecule has 0 fully saturated rings. The van der Waals surface area contributed by atoms with E-state index in [9.17, 15) is 18.3 Å². The van der Waals surface area contributed by atoms with Crippen LogP contribution in [0.15, 0.2) is 36.6 Å². The summed E-state index contributed by atoms with van der Waals surface area (Å²) in [6.07, 6.45) is -3.28. The van der Waals surface area contributed by atoms with E-state index in [1.165, 1.54) is 0 Å². The third-order valence-corrected chi connectivity index (χ3v) is 2.90. The summed E-state index contributed by atoms with van der Waals surface area (Å²) in [6, 6.07) is 7.41. The van der Waals surface area contributed by atoms with Crippen LogP contribution in [-0.2, 0) is 11.3 Å². The smallest absolute Gasteiger partial charge is 0.422 e. The Balaban J connectivity index is 2.66. The Morgan fingerprint density at radius 3 is 2.62 bits per heavy atom. The summed E-state index contributed by atoms with van der Waals surface area (Å²) >= 11 is 0. The van der Waals surface area contributed by atoms with E-state index in [4.69, 9.17) is 4.74 Å². The topological polar surface area (TPSA) is 41.5 Å². The lowest BCUT2D eigenvalue weighted by atomic mass is 10.0. The predicted molar refractivity (Wildman–Crippen MR) is 74.7 cm³/mol. The number of ether oxygens (including phenoxy) is 1. The first kappa shape index (κ1) is 17.5. The molecule has 0 aliphatic carbocycles. The maximum atomic E-state index is 12.9. The molecular formula is C15H20F3NO2. The van der Waals surface area contributed by atoms with Crippen molar-refractivity contribution in [2.45, 2.75) is 32.2 Å². The molecular weight excluding hydrogens is 283 g/mol. The highest BCUT2D eigenvalue weighted by atomic mass is 19.4. The maximum Gasteiger partial charge on any atom is 0.422 e. The second-order valence-corrected chi connectivity index (χ2v) is 4.77. The van der Waals surface area contributed by atoms with Gasteiger partial charge in [-0.15, -0.1) is 0 Å². The largest absolute Gasteiger partial charge is 0.502 e. The Bertz CT molecular complexity index is 474. The summed E-state index contributed by atoms with van der Waals surface area (Å²) in [4.78, 5) is 0. The highest BCUT2D eigenvalue weighted by molar-refractivity contribution is 5.22. The van der Waals surface area contributed by atoms with E-state index < -0.39 is 18.3 Å². The van der Waals surface area contributed by atoms with Crippen molar-refractivity contribution >= 4 is 0 Å². The molecule has 0 aromatic heterocycles. The Morgan fingerprint density at radius 1 is 1.33 bits per heavy atom. The number of aryl methyl sites for hydroxylation is 1. The van der Waals surface area contributed by atoms with Crippen LogP contribution in [0.1, 0.15) is 18.1 Å². The van der Waals surface area contributed by atoms with Gasteiger partial charge in [0.15, 0.2) is 5.60 Å². The number of nitrogens with one attached hydrogen (secondary N) is 1. The average Bonchev–Trinajstić information content (AvgIpc) is 2.38. The van der Waals surface area contributed by atoms with Crippen LogP contribution in [0.5, 0.6) is 0 Å².